The third-order valence-electron chi connectivity index (χ3n) is 6.29. The molecule has 10 heteroatoms. The van der Waals surface area contributed by atoms with Crippen LogP contribution in [-0.4, -0.2) is 40.0 Å². The quantitative estimate of drug-likeness (QED) is 0.520. The molecule has 33 heavy (non-hydrogen) atoms. The first-order chi connectivity index (χ1) is 15.5. The minimum atomic E-state index is -3.93. The number of hydrogen-bond donors (Lipinski definition) is 2. The van der Waals surface area contributed by atoms with Gasteiger partial charge in [-0.05, 0) is 50.3 Å². The molecule has 4 rings (SSSR count). The molecule has 2 aromatic carbocycles. The number of alkyl halides is 2. The number of piperidine rings is 1. The summed E-state index contributed by atoms with van der Waals surface area (Å²) in [7, 11) is 0. The van der Waals surface area contributed by atoms with E-state index >= 15 is 8.78 Å². The lowest BCUT2D eigenvalue weighted by Gasteiger charge is -2.39. The molecule has 0 radical (unpaired) electrons. The van der Waals surface area contributed by atoms with Gasteiger partial charge in [0.2, 0.25) is 0 Å². The molecule has 2 saturated heterocycles. The van der Waals surface area contributed by atoms with Gasteiger partial charge in [0.15, 0.2) is 17.5 Å². The highest BCUT2D eigenvalue weighted by Crippen LogP contribution is 2.41. The number of halogens is 5. The molecule has 2 bridgehead atoms. The molecule has 2 unspecified atom stereocenters. The van der Waals surface area contributed by atoms with Gasteiger partial charge in [0.1, 0.15) is 0 Å². The van der Waals surface area contributed by atoms with Crippen molar-refractivity contribution in [2.24, 2.45) is 0 Å². The Morgan fingerprint density at radius 2 is 1.61 bits per heavy atom. The fourth-order valence-corrected chi connectivity index (χ4v) is 4.69. The van der Waals surface area contributed by atoms with Crippen molar-refractivity contribution in [3.05, 3.63) is 64.5 Å². The van der Waals surface area contributed by atoms with Crippen LogP contribution in [0.3, 0.4) is 0 Å². The Kier molecular flexibility index (Phi) is 5.90. The largest absolute Gasteiger partial charge is 0.393 e. The Morgan fingerprint density at radius 3 is 2.18 bits per heavy atom. The Labute approximate surface area is 186 Å². The van der Waals surface area contributed by atoms with Gasteiger partial charge in [0.05, 0.1) is 6.10 Å². The summed E-state index contributed by atoms with van der Waals surface area (Å²) < 4.78 is 70.6. The molecule has 2 N–H and O–H groups in total. The lowest BCUT2D eigenvalue weighted by Crippen LogP contribution is -2.53. The monoisotopic (exact) mass is 468 g/mol. The van der Waals surface area contributed by atoms with Crippen LogP contribution in [0.2, 0.25) is 0 Å². The van der Waals surface area contributed by atoms with E-state index in [9.17, 15) is 27.9 Å². The number of rotatable bonds is 4. The summed E-state index contributed by atoms with van der Waals surface area (Å²) >= 11 is 0. The topological polar surface area (TPSA) is 69.6 Å². The van der Waals surface area contributed by atoms with E-state index < -0.39 is 64.6 Å². The smallest absolute Gasteiger partial charge is 0.350 e. The van der Waals surface area contributed by atoms with E-state index in [1.807, 2.05) is 0 Å². The molecule has 2 aliphatic heterocycles. The van der Waals surface area contributed by atoms with E-state index in [-0.39, 0.29) is 24.0 Å². The summed E-state index contributed by atoms with van der Waals surface area (Å²) in [4.78, 5) is 26.6. The third-order valence-corrected chi connectivity index (χ3v) is 6.29. The lowest BCUT2D eigenvalue weighted by molar-refractivity contribution is -0.165. The van der Waals surface area contributed by atoms with Gasteiger partial charge in [0, 0.05) is 41.0 Å². The number of carbonyl (C=O) groups excluding carboxylic acids is 2. The maximum Gasteiger partial charge on any atom is 0.350 e. The minimum Gasteiger partial charge on any atom is -0.393 e. The summed E-state index contributed by atoms with van der Waals surface area (Å²) in [6.45, 7) is 1.37. The van der Waals surface area contributed by atoms with Crippen LogP contribution in [0, 0.1) is 24.4 Å². The highest BCUT2D eigenvalue weighted by atomic mass is 19.3. The van der Waals surface area contributed by atoms with E-state index in [0.717, 1.165) is 11.0 Å². The summed E-state index contributed by atoms with van der Waals surface area (Å²) in [5.74, 6) is -11.0. The van der Waals surface area contributed by atoms with Gasteiger partial charge < -0.3 is 15.3 Å². The molecule has 5 nitrogen and oxygen atoms in total. The maximum absolute atomic E-state index is 15.4. The highest BCUT2D eigenvalue weighted by molar-refractivity contribution is 6.04. The summed E-state index contributed by atoms with van der Waals surface area (Å²) in [6.07, 6.45) is 0.927. The first kappa shape index (κ1) is 23.2. The predicted octanol–water partition coefficient (Wildman–Crippen LogP) is 4.27. The van der Waals surface area contributed by atoms with Gasteiger partial charge in [0.25, 0.3) is 11.8 Å². The first-order valence-electron chi connectivity index (χ1n) is 10.4. The van der Waals surface area contributed by atoms with Gasteiger partial charge in [-0.1, -0.05) is 6.07 Å². The van der Waals surface area contributed by atoms with Gasteiger partial charge in [-0.15, -0.1) is 0 Å². The Morgan fingerprint density at radius 1 is 1.03 bits per heavy atom. The lowest BCUT2D eigenvalue weighted by atomic mass is 9.95. The molecule has 0 saturated carbocycles. The second-order valence-corrected chi connectivity index (χ2v) is 8.53. The van der Waals surface area contributed by atoms with Crippen molar-refractivity contribution in [3.63, 3.8) is 0 Å². The van der Waals surface area contributed by atoms with Crippen LogP contribution < -0.4 is 5.32 Å². The fourth-order valence-electron chi connectivity index (χ4n) is 4.69. The fraction of sp³-hybridized carbons (Fsp3) is 0.391. The number of aliphatic hydroxyl groups is 1. The average Bonchev–Trinajstić information content (AvgIpc) is 3.02. The van der Waals surface area contributed by atoms with Crippen LogP contribution >= 0.6 is 0 Å². The second-order valence-electron chi connectivity index (χ2n) is 8.53. The zero-order valence-electron chi connectivity index (χ0n) is 17.5. The average molecular weight is 468 g/mol. The molecule has 0 aliphatic carbocycles. The number of aryl methyl sites for hydroxylation is 1. The van der Waals surface area contributed by atoms with Crippen molar-refractivity contribution >= 4 is 17.5 Å². The minimum absolute atomic E-state index is 0.0770. The number of fused-ring (bicyclic) bond motifs is 2. The molecule has 2 heterocycles. The van der Waals surface area contributed by atoms with Crippen LogP contribution in [0.15, 0.2) is 30.3 Å². The normalized spacial score (nSPS) is 22.4. The Balaban J connectivity index is 1.60. The van der Waals surface area contributed by atoms with Crippen molar-refractivity contribution in [2.45, 2.75) is 56.7 Å². The van der Waals surface area contributed by atoms with Crippen LogP contribution in [-0.2, 0) is 10.7 Å². The van der Waals surface area contributed by atoms with E-state index in [1.54, 1.807) is 0 Å². The van der Waals surface area contributed by atoms with Crippen molar-refractivity contribution in [1.82, 2.24) is 4.90 Å². The molecular formula is C23H21F5N2O3. The van der Waals surface area contributed by atoms with Crippen molar-refractivity contribution in [1.29, 1.82) is 0 Å². The number of anilines is 1. The summed E-state index contributed by atoms with van der Waals surface area (Å²) in [6, 6.07) is 3.52. The SMILES string of the molecule is Cc1ccc(C(=O)Nc2cc(F)c(F)c(F)c2)cc1C(F)(F)C(=O)N1C2CCC1CC(O)C2. The molecule has 2 amide bonds. The van der Waals surface area contributed by atoms with Crippen LogP contribution in [0.1, 0.15) is 47.2 Å². The van der Waals surface area contributed by atoms with Crippen LogP contribution in [0.25, 0.3) is 0 Å². The van der Waals surface area contributed by atoms with Crippen molar-refractivity contribution in [2.75, 3.05) is 5.32 Å². The van der Waals surface area contributed by atoms with Crippen molar-refractivity contribution < 1.29 is 36.6 Å². The maximum atomic E-state index is 15.4. The number of nitrogens with one attached hydrogen (secondary N) is 1. The molecule has 176 valence electrons. The number of carbonyl (C=O) groups is 2. The number of benzene rings is 2. The Bertz CT molecular complexity index is 1090. The standard InChI is InChI=1S/C23H21F5N2O3/c1-11-2-3-12(21(32)29-13-7-18(24)20(26)19(25)8-13)6-17(11)23(27,28)22(33)30-14-4-5-15(30)10-16(31)9-14/h2-3,6-8,14-16,31H,4-5,9-10H2,1H3,(H,29,32). The molecule has 2 fully saturated rings. The molecular weight excluding hydrogens is 447 g/mol. The molecule has 0 spiro atoms. The van der Waals surface area contributed by atoms with Crippen LogP contribution in [0.4, 0.5) is 27.6 Å². The van der Waals surface area contributed by atoms with E-state index in [0.29, 0.717) is 25.0 Å². The van der Waals surface area contributed by atoms with Gasteiger partial charge in [-0.2, -0.15) is 8.78 Å². The number of nitrogens with zero attached hydrogens (tertiary/aromatic N) is 1. The van der Waals surface area contributed by atoms with E-state index in [4.69, 9.17) is 0 Å². The van der Waals surface area contributed by atoms with Gasteiger partial charge >= 0.3 is 5.92 Å². The number of amides is 2. The molecule has 2 aliphatic rings. The zero-order chi connectivity index (χ0) is 24.1. The molecule has 2 atom stereocenters. The van der Waals surface area contributed by atoms with E-state index in [2.05, 4.69) is 5.32 Å². The highest BCUT2D eigenvalue weighted by Gasteiger charge is 2.52. The summed E-state index contributed by atoms with van der Waals surface area (Å²) in [5, 5.41) is 12.0. The Hall–Kier alpha value is -3.01. The number of hydrogen-bond acceptors (Lipinski definition) is 3. The molecule has 2 aromatic rings. The second kappa shape index (κ2) is 8.40. The van der Waals surface area contributed by atoms with E-state index in [1.165, 1.54) is 19.1 Å². The first-order valence-corrected chi connectivity index (χ1v) is 10.4. The van der Waals surface area contributed by atoms with Gasteiger partial charge in [-0.25, -0.2) is 13.2 Å². The predicted molar refractivity (Wildman–Crippen MR) is 108 cm³/mol. The van der Waals surface area contributed by atoms with Gasteiger partial charge in [-0.3, -0.25) is 9.59 Å². The number of aliphatic hydroxyl groups excluding tert-OH is 1. The van der Waals surface area contributed by atoms with Crippen molar-refractivity contribution in [3.8, 4) is 0 Å². The van der Waals surface area contributed by atoms with Crippen LogP contribution in [0.5, 0.6) is 0 Å². The summed E-state index contributed by atoms with van der Waals surface area (Å²) in [5.41, 5.74) is -1.26. The third kappa shape index (κ3) is 4.19. The zero-order valence-corrected chi connectivity index (χ0v) is 17.5. The molecule has 0 aromatic heterocycles.